The van der Waals surface area contributed by atoms with E-state index >= 15 is 0 Å². The fraction of sp³-hybridized carbons (Fsp3) is 0.833. The SMILES string of the molecule is CCCCC(CC)CN1C(=O)CC(O)C1=O. The minimum atomic E-state index is -1.10. The van der Waals surface area contributed by atoms with E-state index in [1.807, 2.05) is 0 Å². The fourth-order valence-electron chi connectivity index (χ4n) is 2.03. The van der Waals surface area contributed by atoms with E-state index < -0.39 is 12.0 Å². The first-order valence-electron chi connectivity index (χ1n) is 6.12. The normalized spacial score (nSPS) is 22.9. The van der Waals surface area contributed by atoms with E-state index in [0.717, 1.165) is 25.7 Å². The Labute approximate surface area is 96.6 Å². The van der Waals surface area contributed by atoms with Gasteiger partial charge in [0, 0.05) is 6.54 Å². The number of carbonyl (C=O) groups is 2. The predicted octanol–water partition coefficient (Wildman–Crippen LogP) is 1.32. The van der Waals surface area contributed by atoms with Gasteiger partial charge in [0.25, 0.3) is 5.91 Å². The lowest BCUT2D eigenvalue weighted by Crippen LogP contribution is -2.36. The summed E-state index contributed by atoms with van der Waals surface area (Å²) in [5, 5.41) is 9.29. The fourth-order valence-corrected chi connectivity index (χ4v) is 2.03. The summed E-state index contributed by atoms with van der Waals surface area (Å²) in [5.74, 6) is -0.273. The molecule has 1 saturated heterocycles. The molecule has 2 unspecified atom stereocenters. The van der Waals surface area contributed by atoms with Gasteiger partial charge in [0.05, 0.1) is 6.42 Å². The van der Waals surface area contributed by atoms with Gasteiger partial charge in [-0.15, -0.1) is 0 Å². The van der Waals surface area contributed by atoms with E-state index in [9.17, 15) is 14.7 Å². The maximum Gasteiger partial charge on any atom is 0.258 e. The Hall–Kier alpha value is -0.900. The molecule has 1 heterocycles. The Balaban J connectivity index is 2.51. The monoisotopic (exact) mass is 227 g/mol. The smallest absolute Gasteiger partial charge is 0.258 e. The summed E-state index contributed by atoms with van der Waals surface area (Å²) in [7, 11) is 0. The standard InChI is InChI=1S/C12H21NO3/c1-3-5-6-9(4-2)8-13-11(15)7-10(14)12(13)16/h9-10,14H,3-8H2,1-2H3. The van der Waals surface area contributed by atoms with Crippen LogP contribution < -0.4 is 0 Å². The molecule has 2 amide bonds. The Kier molecular flexibility index (Phi) is 4.93. The highest BCUT2D eigenvalue weighted by molar-refractivity contribution is 6.04. The van der Waals surface area contributed by atoms with Gasteiger partial charge >= 0.3 is 0 Å². The van der Waals surface area contributed by atoms with Crippen LogP contribution in [0.5, 0.6) is 0 Å². The van der Waals surface area contributed by atoms with Crippen molar-refractivity contribution < 1.29 is 14.7 Å². The van der Waals surface area contributed by atoms with Crippen LogP contribution in [0.3, 0.4) is 0 Å². The summed E-state index contributed by atoms with van der Waals surface area (Å²) < 4.78 is 0. The van der Waals surface area contributed by atoms with Gasteiger partial charge in [0.2, 0.25) is 5.91 Å². The van der Waals surface area contributed by atoms with Crippen molar-refractivity contribution in [3.05, 3.63) is 0 Å². The molecular formula is C12H21NO3. The first-order chi connectivity index (χ1) is 7.60. The van der Waals surface area contributed by atoms with Crippen LogP contribution in [0.2, 0.25) is 0 Å². The van der Waals surface area contributed by atoms with Crippen LogP contribution in [0.4, 0.5) is 0 Å². The van der Waals surface area contributed by atoms with Crippen molar-refractivity contribution in [3.8, 4) is 0 Å². The van der Waals surface area contributed by atoms with Crippen molar-refractivity contribution in [1.82, 2.24) is 4.90 Å². The first-order valence-corrected chi connectivity index (χ1v) is 6.12. The van der Waals surface area contributed by atoms with Crippen molar-refractivity contribution in [2.45, 2.75) is 52.1 Å². The largest absolute Gasteiger partial charge is 0.383 e. The van der Waals surface area contributed by atoms with Crippen LogP contribution >= 0.6 is 0 Å². The van der Waals surface area contributed by atoms with E-state index in [2.05, 4.69) is 13.8 Å². The molecule has 0 aromatic carbocycles. The molecule has 0 saturated carbocycles. The lowest BCUT2D eigenvalue weighted by molar-refractivity contribution is -0.141. The number of unbranched alkanes of at least 4 members (excludes halogenated alkanes) is 1. The number of likely N-dealkylation sites (tertiary alicyclic amines) is 1. The van der Waals surface area contributed by atoms with Crippen LogP contribution in [0.25, 0.3) is 0 Å². The van der Waals surface area contributed by atoms with Crippen molar-refractivity contribution in [1.29, 1.82) is 0 Å². The highest BCUT2D eigenvalue weighted by atomic mass is 16.3. The van der Waals surface area contributed by atoms with Gasteiger partial charge in [-0.05, 0) is 12.3 Å². The molecule has 4 nitrogen and oxygen atoms in total. The van der Waals surface area contributed by atoms with Crippen LogP contribution in [-0.4, -0.2) is 34.5 Å². The van der Waals surface area contributed by atoms with Gasteiger partial charge in [0.15, 0.2) is 0 Å². The van der Waals surface area contributed by atoms with E-state index in [1.165, 1.54) is 4.90 Å². The third-order valence-electron chi connectivity index (χ3n) is 3.20. The number of imide groups is 1. The Bertz CT molecular complexity index is 265. The van der Waals surface area contributed by atoms with Crippen molar-refractivity contribution in [2.75, 3.05) is 6.54 Å². The Morgan fingerprint density at radius 1 is 1.44 bits per heavy atom. The van der Waals surface area contributed by atoms with Crippen LogP contribution in [0.1, 0.15) is 46.0 Å². The molecule has 0 aliphatic carbocycles. The lowest BCUT2D eigenvalue weighted by atomic mass is 9.99. The highest BCUT2D eigenvalue weighted by Gasteiger charge is 2.37. The maximum absolute atomic E-state index is 11.5. The third kappa shape index (κ3) is 3.04. The summed E-state index contributed by atoms with van der Waals surface area (Å²) in [4.78, 5) is 24.2. The molecule has 1 aliphatic rings. The number of nitrogens with zero attached hydrogens (tertiary/aromatic N) is 1. The molecule has 0 aromatic rings. The zero-order valence-corrected chi connectivity index (χ0v) is 10.1. The second kappa shape index (κ2) is 5.99. The highest BCUT2D eigenvalue weighted by Crippen LogP contribution is 2.19. The zero-order chi connectivity index (χ0) is 12.1. The van der Waals surface area contributed by atoms with Gasteiger partial charge in [-0.1, -0.05) is 33.1 Å². The van der Waals surface area contributed by atoms with Gasteiger partial charge in [-0.25, -0.2) is 0 Å². The van der Waals surface area contributed by atoms with Crippen molar-refractivity contribution in [3.63, 3.8) is 0 Å². The van der Waals surface area contributed by atoms with Gasteiger partial charge in [-0.2, -0.15) is 0 Å². The van der Waals surface area contributed by atoms with Crippen molar-refractivity contribution >= 4 is 11.8 Å². The van der Waals surface area contributed by atoms with E-state index in [4.69, 9.17) is 0 Å². The lowest BCUT2D eigenvalue weighted by Gasteiger charge is -2.21. The van der Waals surface area contributed by atoms with Gasteiger partial charge in [-0.3, -0.25) is 14.5 Å². The number of rotatable bonds is 6. The number of hydrogen-bond donors (Lipinski definition) is 1. The summed E-state index contributed by atoms with van der Waals surface area (Å²) in [5.41, 5.74) is 0. The maximum atomic E-state index is 11.5. The molecule has 1 rings (SSSR count). The Morgan fingerprint density at radius 3 is 2.56 bits per heavy atom. The van der Waals surface area contributed by atoms with Crippen LogP contribution in [0, 0.1) is 5.92 Å². The first kappa shape index (κ1) is 13.2. The van der Waals surface area contributed by atoms with E-state index in [-0.39, 0.29) is 12.3 Å². The molecule has 4 heteroatoms. The molecule has 1 N–H and O–H groups in total. The number of aliphatic hydroxyl groups is 1. The number of amides is 2. The number of aliphatic hydroxyl groups excluding tert-OH is 1. The van der Waals surface area contributed by atoms with Crippen LogP contribution in [-0.2, 0) is 9.59 Å². The summed E-state index contributed by atoms with van der Waals surface area (Å²) in [6, 6.07) is 0. The molecule has 0 bridgehead atoms. The molecule has 0 spiro atoms. The average molecular weight is 227 g/mol. The molecular weight excluding hydrogens is 206 g/mol. The minimum absolute atomic E-state index is 0.0386. The number of carbonyl (C=O) groups excluding carboxylic acids is 2. The second-order valence-electron chi connectivity index (χ2n) is 4.48. The van der Waals surface area contributed by atoms with Crippen LogP contribution in [0.15, 0.2) is 0 Å². The quantitative estimate of drug-likeness (QED) is 0.696. The average Bonchev–Trinajstić information content (AvgIpc) is 2.50. The zero-order valence-electron chi connectivity index (χ0n) is 10.1. The number of hydrogen-bond acceptors (Lipinski definition) is 3. The molecule has 2 atom stereocenters. The molecule has 1 aliphatic heterocycles. The molecule has 16 heavy (non-hydrogen) atoms. The van der Waals surface area contributed by atoms with Crippen molar-refractivity contribution in [2.24, 2.45) is 5.92 Å². The summed E-state index contributed by atoms with van der Waals surface area (Å²) in [6.45, 7) is 4.68. The summed E-state index contributed by atoms with van der Waals surface area (Å²) >= 11 is 0. The van der Waals surface area contributed by atoms with Gasteiger partial charge in [0.1, 0.15) is 6.10 Å². The summed E-state index contributed by atoms with van der Waals surface area (Å²) in [6.07, 6.45) is 3.12. The molecule has 0 radical (unpaired) electrons. The Morgan fingerprint density at radius 2 is 2.12 bits per heavy atom. The molecule has 1 fully saturated rings. The van der Waals surface area contributed by atoms with E-state index in [0.29, 0.717) is 12.5 Å². The van der Waals surface area contributed by atoms with E-state index in [1.54, 1.807) is 0 Å². The minimum Gasteiger partial charge on any atom is -0.383 e. The topological polar surface area (TPSA) is 57.6 Å². The predicted molar refractivity (Wildman–Crippen MR) is 60.6 cm³/mol. The second-order valence-corrected chi connectivity index (χ2v) is 4.48. The molecule has 92 valence electrons. The third-order valence-corrected chi connectivity index (χ3v) is 3.20. The van der Waals surface area contributed by atoms with Gasteiger partial charge < -0.3 is 5.11 Å². The molecule has 0 aromatic heterocycles.